The molecular weight excluding hydrogens is 321 g/mol. The van der Waals surface area contributed by atoms with Crippen molar-refractivity contribution in [3.63, 3.8) is 0 Å². The maximum Gasteiger partial charge on any atom is 0.416 e. The van der Waals surface area contributed by atoms with Gasteiger partial charge in [-0.2, -0.15) is 13.2 Å². The van der Waals surface area contributed by atoms with Crippen molar-refractivity contribution >= 4 is 0 Å². The molecule has 0 heterocycles. The number of hydrogen-bond acceptors (Lipinski definition) is 0. The fraction of sp³-hybridized carbons (Fsp3) is 0.273. The monoisotopic (exact) mass is 340 g/mol. The summed E-state index contributed by atoms with van der Waals surface area (Å²) in [4.78, 5) is 0. The van der Waals surface area contributed by atoms with Crippen LogP contribution in [0.5, 0.6) is 0 Å². The quantitative estimate of drug-likeness (QED) is 0.484. The molecule has 0 amide bonds. The van der Waals surface area contributed by atoms with Crippen LogP contribution < -0.4 is 0 Å². The summed E-state index contributed by atoms with van der Waals surface area (Å²) in [6.45, 7) is 2.18. The average Bonchev–Trinajstić information content (AvgIpc) is 2.60. The van der Waals surface area contributed by atoms with Crippen LogP contribution >= 0.6 is 0 Å². The highest BCUT2D eigenvalue weighted by Gasteiger charge is 2.29. The predicted molar refractivity (Wildman–Crippen MR) is 94.9 cm³/mol. The molecule has 3 heteroatoms. The fourth-order valence-corrected chi connectivity index (χ4v) is 2.28. The molecular formula is C22H19F3. The lowest BCUT2D eigenvalue weighted by molar-refractivity contribution is -0.137. The lowest BCUT2D eigenvalue weighted by atomic mass is 10.1. The summed E-state index contributed by atoms with van der Waals surface area (Å²) in [7, 11) is 0. The largest absolute Gasteiger partial charge is 0.416 e. The first-order valence-electron chi connectivity index (χ1n) is 8.27. The van der Waals surface area contributed by atoms with E-state index >= 15 is 0 Å². The number of aryl methyl sites for hydroxylation is 1. The first-order valence-corrected chi connectivity index (χ1v) is 8.27. The van der Waals surface area contributed by atoms with E-state index in [1.165, 1.54) is 37.0 Å². The Labute approximate surface area is 147 Å². The van der Waals surface area contributed by atoms with Crippen LogP contribution in [0.1, 0.15) is 48.4 Å². The van der Waals surface area contributed by atoms with Gasteiger partial charge in [0.15, 0.2) is 0 Å². The molecule has 0 aliphatic carbocycles. The fourth-order valence-electron chi connectivity index (χ4n) is 2.28. The number of benzene rings is 2. The lowest BCUT2D eigenvalue weighted by Crippen LogP contribution is -2.03. The molecule has 2 aromatic carbocycles. The Kier molecular flexibility index (Phi) is 6.72. The second kappa shape index (κ2) is 9.00. The van der Waals surface area contributed by atoms with Gasteiger partial charge < -0.3 is 0 Å². The Morgan fingerprint density at radius 1 is 0.760 bits per heavy atom. The van der Waals surface area contributed by atoms with E-state index in [0.717, 1.165) is 24.1 Å². The van der Waals surface area contributed by atoms with Gasteiger partial charge in [-0.3, -0.25) is 0 Å². The second-order valence-electron chi connectivity index (χ2n) is 5.73. The number of rotatable bonds is 4. The normalized spacial score (nSPS) is 10.4. The van der Waals surface area contributed by atoms with Crippen LogP contribution in [0.3, 0.4) is 0 Å². The van der Waals surface area contributed by atoms with Crippen molar-refractivity contribution in [3.8, 4) is 23.7 Å². The summed E-state index contributed by atoms with van der Waals surface area (Å²) >= 11 is 0. The van der Waals surface area contributed by atoms with Gasteiger partial charge in [-0.1, -0.05) is 43.7 Å². The minimum Gasteiger partial charge on any atom is -0.166 e. The number of alkyl halides is 3. The average molecular weight is 340 g/mol. The summed E-state index contributed by atoms with van der Waals surface area (Å²) in [5, 5.41) is 0. The molecule has 128 valence electrons. The smallest absolute Gasteiger partial charge is 0.166 e. The van der Waals surface area contributed by atoms with Gasteiger partial charge in [0, 0.05) is 11.1 Å². The van der Waals surface area contributed by atoms with E-state index in [1.807, 2.05) is 12.1 Å². The Morgan fingerprint density at radius 2 is 1.28 bits per heavy atom. The van der Waals surface area contributed by atoms with Crippen LogP contribution in [-0.2, 0) is 12.6 Å². The summed E-state index contributed by atoms with van der Waals surface area (Å²) in [6.07, 6.45) is 0.395. The highest BCUT2D eigenvalue weighted by Crippen LogP contribution is 2.28. The van der Waals surface area contributed by atoms with Crippen molar-refractivity contribution in [2.45, 2.75) is 38.8 Å². The van der Waals surface area contributed by atoms with Gasteiger partial charge >= 0.3 is 6.18 Å². The van der Waals surface area contributed by atoms with Gasteiger partial charge in [-0.15, -0.1) is 0 Å². The molecule has 0 radical (unpaired) electrons. The van der Waals surface area contributed by atoms with E-state index in [9.17, 15) is 13.2 Å². The third-order valence-electron chi connectivity index (χ3n) is 3.71. The van der Waals surface area contributed by atoms with Crippen molar-refractivity contribution in [1.82, 2.24) is 0 Å². The molecule has 0 spiro atoms. The molecule has 0 nitrogen and oxygen atoms in total. The molecule has 2 rings (SSSR count). The third-order valence-corrected chi connectivity index (χ3v) is 3.71. The highest BCUT2D eigenvalue weighted by atomic mass is 19.4. The Hall–Kier alpha value is -2.65. The van der Waals surface area contributed by atoms with Crippen LogP contribution in [0.4, 0.5) is 13.2 Å². The molecule has 0 saturated heterocycles. The zero-order chi connectivity index (χ0) is 18.1. The molecule has 0 saturated carbocycles. The predicted octanol–water partition coefficient (Wildman–Crippen LogP) is 5.84. The molecule has 0 aromatic heterocycles. The van der Waals surface area contributed by atoms with Gasteiger partial charge in [-0.25, -0.2) is 0 Å². The molecule has 0 N–H and O–H groups in total. The minimum absolute atomic E-state index is 0.508. The molecule has 2 aromatic rings. The molecule has 0 aliphatic rings. The summed E-state index contributed by atoms with van der Waals surface area (Å²) in [5.41, 5.74) is 2.01. The zero-order valence-corrected chi connectivity index (χ0v) is 14.1. The first kappa shape index (κ1) is 18.7. The Balaban J connectivity index is 1.95. The van der Waals surface area contributed by atoms with E-state index in [4.69, 9.17) is 0 Å². The summed E-state index contributed by atoms with van der Waals surface area (Å²) in [5.74, 6) is 11.1. The molecule has 0 unspecified atom stereocenters. The van der Waals surface area contributed by atoms with E-state index in [2.05, 4.69) is 42.7 Å². The van der Waals surface area contributed by atoms with E-state index in [-0.39, 0.29) is 0 Å². The van der Waals surface area contributed by atoms with Gasteiger partial charge in [-0.05, 0) is 66.6 Å². The molecule has 0 aliphatic heterocycles. The van der Waals surface area contributed by atoms with Crippen molar-refractivity contribution in [3.05, 3.63) is 70.8 Å². The van der Waals surface area contributed by atoms with E-state index in [1.54, 1.807) is 0 Å². The van der Waals surface area contributed by atoms with E-state index in [0.29, 0.717) is 5.56 Å². The SMILES string of the molecule is CCCCCc1ccc(C#CC#Cc2ccc(C(F)(F)F)cc2)cc1. The standard InChI is InChI=1S/C22H19F3/c1-2-3-4-7-18-10-12-19(13-11-18)8-5-6-9-20-14-16-21(17-15-20)22(23,24)25/h10-17H,2-4,7H2,1H3. The number of hydrogen-bond donors (Lipinski definition) is 0. The van der Waals surface area contributed by atoms with Gasteiger partial charge in [0.05, 0.1) is 5.56 Å². The van der Waals surface area contributed by atoms with Crippen molar-refractivity contribution in [2.24, 2.45) is 0 Å². The van der Waals surface area contributed by atoms with Gasteiger partial charge in [0.25, 0.3) is 0 Å². The maximum atomic E-state index is 12.5. The van der Waals surface area contributed by atoms with Crippen LogP contribution in [0, 0.1) is 23.7 Å². The molecule has 0 fully saturated rings. The Bertz CT molecular complexity index is 789. The molecule has 0 atom stereocenters. The van der Waals surface area contributed by atoms with Gasteiger partial charge in [0.2, 0.25) is 0 Å². The van der Waals surface area contributed by atoms with Crippen LogP contribution in [0.25, 0.3) is 0 Å². The van der Waals surface area contributed by atoms with Crippen LogP contribution in [0.15, 0.2) is 48.5 Å². The van der Waals surface area contributed by atoms with E-state index < -0.39 is 11.7 Å². The topological polar surface area (TPSA) is 0 Å². The molecule has 0 bridgehead atoms. The third kappa shape index (κ3) is 6.40. The van der Waals surface area contributed by atoms with Crippen LogP contribution in [-0.4, -0.2) is 0 Å². The number of halogens is 3. The van der Waals surface area contributed by atoms with Crippen molar-refractivity contribution in [1.29, 1.82) is 0 Å². The second-order valence-corrected chi connectivity index (χ2v) is 5.73. The summed E-state index contributed by atoms with van der Waals surface area (Å²) < 4.78 is 37.4. The molecule has 25 heavy (non-hydrogen) atoms. The highest BCUT2D eigenvalue weighted by molar-refractivity contribution is 5.45. The summed E-state index contributed by atoms with van der Waals surface area (Å²) in [6, 6.07) is 12.8. The maximum absolute atomic E-state index is 12.5. The van der Waals surface area contributed by atoms with Crippen molar-refractivity contribution < 1.29 is 13.2 Å². The lowest BCUT2D eigenvalue weighted by Gasteiger charge is -2.05. The Morgan fingerprint density at radius 3 is 1.76 bits per heavy atom. The first-order chi connectivity index (χ1) is 12.0. The minimum atomic E-state index is -4.32. The van der Waals surface area contributed by atoms with Gasteiger partial charge in [0.1, 0.15) is 0 Å². The van der Waals surface area contributed by atoms with Crippen molar-refractivity contribution in [2.75, 3.05) is 0 Å². The zero-order valence-electron chi connectivity index (χ0n) is 14.1. The van der Waals surface area contributed by atoms with Crippen LogP contribution in [0.2, 0.25) is 0 Å². The number of unbranched alkanes of at least 4 members (excludes halogenated alkanes) is 2.